The molecule has 4 heteroatoms. The molecule has 0 saturated heterocycles. The Labute approximate surface area is 99.7 Å². The van der Waals surface area contributed by atoms with Crippen molar-refractivity contribution in [3.63, 3.8) is 0 Å². The summed E-state index contributed by atoms with van der Waals surface area (Å²) < 4.78 is 13.4. The van der Waals surface area contributed by atoms with E-state index in [1.165, 1.54) is 6.07 Å². The van der Waals surface area contributed by atoms with Gasteiger partial charge in [0.25, 0.3) is 0 Å². The summed E-state index contributed by atoms with van der Waals surface area (Å²) in [4.78, 5) is 4.08. The van der Waals surface area contributed by atoms with Gasteiger partial charge in [0.2, 0.25) is 0 Å². The summed E-state index contributed by atoms with van der Waals surface area (Å²) in [7, 11) is 1.83. The lowest BCUT2D eigenvalue weighted by Crippen LogP contribution is -1.97. The van der Waals surface area contributed by atoms with E-state index in [0.29, 0.717) is 5.56 Å². The number of rotatable bonds is 3. The highest BCUT2D eigenvalue weighted by Gasteiger charge is 2.03. The number of anilines is 3. The summed E-state index contributed by atoms with van der Waals surface area (Å²) in [6, 6.07) is 6.88. The molecule has 0 aliphatic rings. The van der Waals surface area contributed by atoms with Gasteiger partial charge in [0, 0.05) is 18.3 Å². The fourth-order valence-corrected chi connectivity index (χ4v) is 1.54. The molecule has 0 unspecified atom stereocenters. The van der Waals surface area contributed by atoms with Crippen molar-refractivity contribution in [1.29, 1.82) is 0 Å². The Kier molecular flexibility index (Phi) is 3.23. The minimum absolute atomic E-state index is 0.215. The van der Waals surface area contributed by atoms with Crippen LogP contribution in [0.3, 0.4) is 0 Å². The summed E-state index contributed by atoms with van der Waals surface area (Å²) in [5.74, 6) is -0.215. The number of hydrogen-bond acceptors (Lipinski definition) is 3. The van der Waals surface area contributed by atoms with Gasteiger partial charge in [0.1, 0.15) is 5.82 Å². The van der Waals surface area contributed by atoms with Crippen molar-refractivity contribution < 1.29 is 4.39 Å². The minimum atomic E-state index is -0.215. The van der Waals surface area contributed by atoms with Crippen molar-refractivity contribution in [2.45, 2.75) is 6.92 Å². The lowest BCUT2D eigenvalue weighted by atomic mass is 10.2. The van der Waals surface area contributed by atoms with Crippen LogP contribution < -0.4 is 10.6 Å². The van der Waals surface area contributed by atoms with Crippen LogP contribution in [0.1, 0.15) is 5.56 Å². The first-order chi connectivity index (χ1) is 8.20. The van der Waals surface area contributed by atoms with Crippen molar-refractivity contribution in [2.75, 3.05) is 17.7 Å². The lowest BCUT2D eigenvalue weighted by Gasteiger charge is -2.10. The normalized spacial score (nSPS) is 10.1. The molecule has 88 valence electrons. The fourth-order valence-electron chi connectivity index (χ4n) is 1.54. The summed E-state index contributed by atoms with van der Waals surface area (Å²) in [5, 5.41) is 6.15. The van der Waals surface area contributed by atoms with E-state index >= 15 is 0 Å². The Balaban J connectivity index is 2.28. The standard InChI is InChI=1S/C13H14FN3/c1-9-12(14)4-3-5-13(9)17-11-6-10(15-2)7-16-8-11/h3-8,15,17H,1-2H3. The molecule has 0 amide bonds. The monoisotopic (exact) mass is 231 g/mol. The van der Waals surface area contributed by atoms with Gasteiger partial charge in [-0.3, -0.25) is 4.98 Å². The zero-order chi connectivity index (χ0) is 12.3. The highest BCUT2D eigenvalue weighted by atomic mass is 19.1. The van der Waals surface area contributed by atoms with Crippen LogP contribution in [0, 0.1) is 12.7 Å². The molecule has 2 rings (SSSR count). The molecule has 17 heavy (non-hydrogen) atoms. The second-order valence-corrected chi connectivity index (χ2v) is 3.75. The average Bonchev–Trinajstić information content (AvgIpc) is 2.35. The van der Waals surface area contributed by atoms with Gasteiger partial charge in [-0.05, 0) is 25.1 Å². The molecule has 0 aliphatic heterocycles. The van der Waals surface area contributed by atoms with Crippen LogP contribution in [0.2, 0.25) is 0 Å². The summed E-state index contributed by atoms with van der Waals surface area (Å²) >= 11 is 0. The van der Waals surface area contributed by atoms with Crippen molar-refractivity contribution in [3.8, 4) is 0 Å². The number of aromatic nitrogens is 1. The van der Waals surface area contributed by atoms with E-state index in [0.717, 1.165) is 17.1 Å². The molecule has 0 atom stereocenters. The van der Waals surface area contributed by atoms with Crippen molar-refractivity contribution in [3.05, 3.63) is 48.0 Å². The molecular formula is C13H14FN3. The van der Waals surface area contributed by atoms with Gasteiger partial charge < -0.3 is 10.6 Å². The van der Waals surface area contributed by atoms with Crippen molar-refractivity contribution in [2.24, 2.45) is 0 Å². The van der Waals surface area contributed by atoms with Gasteiger partial charge in [-0.25, -0.2) is 4.39 Å². The molecule has 0 spiro atoms. The fraction of sp³-hybridized carbons (Fsp3) is 0.154. The smallest absolute Gasteiger partial charge is 0.128 e. The lowest BCUT2D eigenvalue weighted by molar-refractivity contribution is 0.619. The summed E-state index contributed by atoms with van der Waals surface area (Å²) in [6.07, 6.45) is 3.43. The van der Waals surface area contributed by atoms with Gasteiger partial charge in [0.05, 0.1) is 23.8 Å². The van der Waals surface area contributed by atoms with Crippen LogP contribution >= 0.6 is 0 Å². The number of halogens is 1. The Morgan fingerprint density at radius 2 is 1.94 bits per heavy atom. The summed E-state index contributed by atoms with van der Waals surface area (Å²) in [6.45, 7) is 1.74. The second kappa shape index (κ2) is 4.82. The molecule has 2 aromatic rings. The highest BCUT2D eigenvalue weighted by molar-refractivity contribution is 5.65. The van der Waals surface area contributed by atoms with E-state index in [-0.39, 0.29) is 5.82 Å². The molecule has 0 bridgehead atoms. The zero-order valence-electron chi connectivity index (χ0n) is 9.79. The molecule has 0 saturated carbocycles. The number of hydrogen-bond donors (Lipinski definition) is 2. The third-order valence-electron chi connectivity index (χ3n) is 2.57. The molecule has 1 aromatic carbocycles. The van der Waals surface area contributed by atoms with Gasteiger partial charge in [-0.1, -0.05) is 6.07 Å². The first-order valence-corrected chi connectivity index (χ1v) is 5.35. The highest BCUT2D eigenvalue weighted by Crippen LogP contribution is 2.23. The molecule has 0 radical (unpaired) electrons. The molecular weight excluding hydrogens is 217 g/mol. The molecule has 1 heterocycles. The molecule has 3 nitrogen and oxygen atoms in total. The van der Waals surface area contributed by atoms with E-state index < -0.39 is 0 Å². The van der Waals surface area contributed by atoms with E-state index in [2.05, 4.69) is 15.6 Å². The first-order valence-electron chi connectivity index (χ1n) is 5.35. The van der Waals surface area contributed by atoms with Crippen LogP contribution in [0.4, 0.5) is 21.5 Å². The number of nitrogens with one attached hydrogen (secondary N) is 2. The number of benzene rings is 1. The topological polar surface area (TPSA) is 37.0 Å². The van der Waals surface area contributed by atoms with Crippen LogP contribution in [0.5, 0.6) is 0 Å². The maximum atomic E-state index is 13.4. The SMILES string of the molecule is CNc1cncc(Nc2cccc(F)c2C)c1. The average molecular weight is 231 g/mol. The van der Waals surface area contributed by atoms with E-state index in [1.807, 2.05) is 19.2 Å². The Morgan fingerprint density at radius 1 is 1.18 bits per heavy atom. The van der Waals surface area contributed by atoms with Crippen LogP contribution in [0.15, 0.2) is 36.7 Å². The molecule has 0 aliphatic carbocycles. The predicted octanol–water partition coefficient (Wildman–Crippen LogP) is 3.31. The van der Waals surface area contributed by atoms with Crippen LogP contribution in [-0.4, -0.2) is 12.0 Å². The molecule has 2 N–H and O–H groups in total. The van der Waals surface area contributed by atoms with E-state index in [1.54, 1.807) is 25.4 Å². The van der Waals surface area contributed by atoms with Gasteiger partial charge in [0.15, 0.2) is 0 Å². The third kappa shape index (κ3) is 2.53. The van der Waals surface area contributed by atoms with Crippen LogP contribution in [-0.2, 0) is 0 Å². The van der Waals surface area contributed by atoms with Crippen LogP contribution in [0.25, 0.3) is 0 Å². The van der Waals surface area contributed by atoms with E-state index in [9.17, 15) is 4.39 Å². The first kappa shape index (κ1) is 11.4. The summed E-state index contributed by atoms with van der Waals surface area (Å²) in [5.41, 5.74) is 3.08. The van der Waals surface area contributed by atoms with Crippen molar-refractivity contribution >= 4 is 17.1 Å². The maximum Gasteiger partial charge on any atom is 0.128 e. The third-order valence-corrected chi connectivity index (χ3v) is 2.57. The number of pyridine rings is 1. The van der Waals surface area contributed by atoms with Gasteiger partial charge in [-0.15, -0.1) is 0 Å². The van der Waals surface area contributed by atoms with Gasteiger partial charge in [-0.2, -0.15) is 0 Å². The Bertz CT molecular complexity index is 526. The van der Waals surface area contributed by atoms with Gasteiger partial charge >= 0.3 is 0 Å². The van der Waals surface area contributed by atoms with Crippen molar-refractivity contribution in [1.82, 2.24) is 4.98 Å². The minimum Gasteiger partial charge on any atom is -0.387 e. The zero-order valence-corrected chi connectivity index (χ0v) is 9.79. The van der Waals surface area contributed by atoms with E-state index in [4.69, 9.17) is 0 Å². The number of nitrogens with zero attached hydrogens (tertiary/aromatic N) is 1. The maximum absolute atomic E-state index is 13.4. The Hall–Kier alpha value is -2.10. The predicted molar refractivity (Wildman–Crippen MR) is 68.2 cm³/mol. The molecule has 0 fully saturated rings. The largest absolute Gasteiger partial charge is 0.387 e. The molecule has 1 aromatic heterocycles. The Morgan fingerprint density at radius 3 is 2.71 bits per heavy atom. The quantitative estimate of drug-likeness (QED) is 0.850. The second-order valence-electron chi connectivity index (χ2n) is 3.75.